The monoisotopic (exact) mass is 140 g/mol. The molecule has 10 heavy (non-hydrogen) atoms. The predicted octanol–water partition coefficient (Wildman–Crippen LogP) is 2.40. The maximum atomic E-state index is 10.7. The standard InChI is InChI=1S/C9H16O/c1-4-5-9(7-10)6-8(9,2)3/h7H,4-6H2,1-3H3. The molecule has 1 rings (SSSR count). The van der Waals surface area contributed by atoms with Gasteiger partial charge in [-0.05, 0) is 18.3 Å². The zero-order valence-corrected chi connectivity index (χ0v) is 7.11. The normalized spacial score (nSPS) is 35.5. The number of hydrogen-bond acceptors (Lipinski definition) is 1. The molecule has 1 aliphatic carbocycles. The van der Waals surface area contributed by atoms with E-state index in [2.05, 4.69) is 20.8 Å². The molecule has 0 saturated heterocycles. The summed E-state index contributed by atoms with van der Waals surface area (Å²) in [5, 5.41) is 0. The Balaban J connectivity index is 2.59. The van der Waals surface area contributed by atoms with Gasteiger partial charge in [-0.1, -0.05) is 27.2 Å². The third-order valence-corrected chi connectivity index (χ3v) is 2.90. The quantitative estimate of drug-likeness (QED) is 0.550. The number of hydrogen-bond donors (Lipinski definition) is 0. The van der Waals surface area contributed by atoms with Crippen LogP contribution in [0.2, 0.25) is 0 Å². The van der Waals surface area contributed by atoms with E-state index in [9.17, 15) is 4.79 Å². The molecule has 58 valence electrons. The van der Waals surface area contributed by atoms with Crippen LogP contribution in [0.4, 0.5) is 0 Å². The number of carbonyl (C=O) groups excluding carboxylic acids is 1. The Morgan fingerprint density at radius 1 is 1.50 bits per heavy atom. The highest BCUT2D eigenvalue weighted by molar-refractivity contribution is 5.66. The lowest BCUT2D eigenvalue weighted by Crippen LogP contribution is -2.09. The first kappa shape index (κ1) is 7.77. The first-order valence-electron chi connectivity index (χ1n) is 4.04. The maximum absolute atomic E-state index is 10.7. The molecule has 0 amide bonds. The minimum atomic E-state index is 0.0573. The number of carbonyl (C=O) groups is 1. The Morgan fingerprint density at radius 2 is 2.00 bits per heavy atom. The van der Waals surface area contributed by atoms with Crippen molar-refractivity contribution in [2.75, 3.05) is 0 Å². The van der Waals surface area contributed by atoms with Crippen LogP contribution in [0.3, 0.4) is 0 Å². The van der Waals surface area contributed by atoms with Crippen LogP contribution in [0.1, 0.15) is 40.0 Å². The van der Waals surface area contributed by atoms with Gasteiger partial charge < -0.3 is 4.79 Å². The van der Waals surface area contributed by atoms with Crippen molar-refractivity contribution in [2.24, 2.45) is 10.8 Å². The van der Waals surface area contributed by atoms with Gasteiger partial charge in [0.2, 0.25) is 0 Å². The fraction of sp³-hybridized carbons (Fsp3) is 0.889. The molecule has 1 nitrogen and oxygen atoms in total. The van der Waals surface area contributed by atoms with Gasteiger partial charge in [-0.3, -0.25) is 0 Å². The molecular formula is C9H16O. The summed E-state index contributed by atoms with van der Waals surface area (Å²) < 4.78 is 0. The van der Waals surface area contributed by atoms with Gasteiger partial charge in [0.05, 0.1) is 0 Å². The molecule has 1 saturated carbocycles. The predicted molar refractivity (Wildman–Crippen MR) is 41.8 cm³/mol. The van der Waals surface area contributed by atoms with Crippen molar-refractivity contribution in [3.05, 3.63) is 0 Å². The summed E-state index contributed by atoms with van der Waals surface area (Å²) >= 11 is 0. The van der Waals surface area contributed by atoms with E-state index in [1.807, 2.05) is 0 Å². The Hall–Kier alpha value is -0.330. The van der Waals surface area contributed by atoms with E-state index >= 15 is 0 Å². The molecule has 0 spiro atoms. The van der Waals surface area contributed by atoms with E-state index < -0.39 is 0 Å². The van der Waals surface area contributed by atoms with Gasteiger partial charge in [0, 0.05) is 5.41 Å². The van der Waals surface area contributed by atoms with Crippen LogP contribution in [-0.2, 0) is 4.79 Å². The average Bonchev–Trinajstić information content (AvgIpc) is 2.37. The number of rotatable bonds is 3. The Kier molecular flexibility index (Phi) is 1.61. The average molecular weight is 140 g/mol. The lowest BCUT2D eigenvalue weighted by Gasteiger charge is -2.10. The van der Waals surface area contributed by atoms with Gasteiger partial charge in [0.15, 0.2) is 0 Å². The fourth-order valence-corrected chi connectivity index (χ4v) is 1.88. The molecule has 0 aromatic heterocycles. The van der Waals surface area contributed by atoms with Gasteiger partial charge in [-0.25, -0.2) is 0 Å². The summed E-state index contributed by atoms with van der Waals surface area (Å²) in [4.78, 5) is 10.7. The summed E-state index contributed by atoms with van der Waals surface area (Å²) in [6, 6.07) is 0. The second kappa shape index (κ2) is 2.08. The third-order valence-electron chi connectivity index (χ3n) is 2.90. The topological polar surface area (TPSA) is 17.1 Å². The number of aldehydes is 1. The van der Waals surface area contributed by atoms with Crippen LogP contribution < -0.4 is 0 Å². The minimum Gasteiger partial charge on any atom is -0.303 e. The summed E-state index contributed by atoms with van der Waals surface area (Å²) in [6.45, 7) is 6.49. The van der Waals surface area contributed by atoms with Gasteiger partial charge >= 0.3 is 0 Å². The Labute approximate surface area is 62.8 Å². The van der Waals surface area contributed by atoms with Crippen molar-refractivity contribution in [3.63, 3.8) is 0 Å². The smallest absolute Gasteiger partial charge is 0.126 e. The van der Waals surface area contributed by atoms with Crippen LogP contribution in [-0.4, -0.2) is 6.29 Å². The molecule has 1 unspecified atom stereocenters. The second-order valence-electron chi connectivity index (χ2n) is 4.08. The van der Waals surface area contributed by atoms with Crippen LogP contribution in [0, 0.1) is 10.8 Å². The van der Waals surface area contributed by atoms with Gasteiger partial charge in [0.25, 0.3) is 0 Å². The van der Waals surface area contributed by atoms with Crippen molar-refractivity contribution >= 4 is 6.29 Å². The van der Waals surface area contributed by atoms with Crippen molar-refractivity contribution in [3.8, 4) is 0 Å². The van der Waals surface area contributed by atoms with E-state index in [1.165, 1.54) is 0 Å². The summed E-state index contributed by atoms with van der Waals surface area (Å²) in [7, 11) is 0. The minimum absolute atomic E-state index is 0.0573. The Bertz CT molecular complexity index is 149. The third kappa shape index (κ3) is 0.882. The van der Waals surface area contributed by atoms with Crippen molar-refractivity contribution in [1.29, 1.82) is 0 Å². The van der Waals surface area contributed by atoms with Gasteiger partial charge in [-0.15, -0.1) is 0 Å². The van der Waals surface area contributed by atoms with Crippen LogP contribution in [0.25, 0.3) is 0 Å². The molecule has 1 fully saturated rings. The SMILES string of the molecule is CCCC1(C=O)CC1(C)C. The van der Waals surface area contributed by atoms with Crippen LogP contribution in [0.5, 0.6) is 0 Å². The first-order valence-corrected chi connectivity index (χ1v) is 4.04. The molecule has 0 bridgehead atoms. The van der Waals surface area contributed by atoms with E-state index in [4.69, 9.17) is 0 Å². The molecular weight excluding hydrogens is 124 g/mol. The lowest BCUT2D eigenvalue weighted by molar-refractivity contribution is -0.113. The molecule has 1 aliphatic rings. The molecule has 1 atom stereocenters. The molecule has 0 radical (unpaired) electrons. The molecule has 1 heteroatoms. The fourth-order valence-electron chi connectivity index (χ4n) is 1.88. The van der Waals surface area contributed by atoms with E-state index in [-0.39, 0.29) is 5.41 Å². The summed E-state index contributed by atoms with van der Waals surface area (Å²) in [5.74, 6) is 0. The zero-order chi connectivity index (χ0) is 7.83. The Morgan fingerprint density at radius 3 is 2.10 bits per heavy atom. The molecule has 0 heterocycles. The van der Waals surface area contributed by atoms with Gasteiger partial charge in [0.1, 0.15) is 6.29 Å². The zero-order valence-electron chi connectivity index (χ0n) is 7.11. The van der Waals surface area contributed by atoms with E-state index in [0.717, 1.165) is 25.5 Å². The van der Waals surface area contributed by atoms with Gasteiger partial charge in [-0.2, -0.15) is 0 Å². The van der Waals surface area contributed by atoms with E-state index in [1.54, 1.807) is 0 Å². The highest BCUT2D eigenvalue weighted by atomic mass is 16.1. The second-order valence-corrected chi connectivity index (χ2v) is 4.08. The first-order chi connectivity index (χ1) is 4.58. The molecule has 0 aliphatic heterocycles. The molecule has 0 aromatic carbocycles. The lowest BCUT2D eigenvalue weighted by atomic mass is 9.93. The van der Waals surface area contributed by atoms with E-state index in [0.29, 0.717) is 5.41 Å². The van der Waals surface area contributed by atoms with Crippen molar-refractivity contribution < 1.29 is 4.79 Å². The van der Waals surface area contributed by atoms with Crippen molar-refractivity contribution in [2.45, 2.75) is 40.0 Å². The summed E-state index contributed by atoms with van der Waals surface area (Å²) in [5.41, 5.74) is 0.354. The van der Waals surface area contributed by atoms with Crippen LogP contribution in [0.15, 0.2) is 0 Å². The van der Waals surface area contributed by atoms with Crippen LogP contribution >= 0.6 is 0 Å². The largest absolute Gasteiger partial charge is 0.303 e. The summed E-state index contributed by atoms with van der Waals surface area (Å²) in [6.07, 6.45) is 4.46. The highest BCUT2D eigenvalue weighted by Gasteiger charge is 2.60. The van der Waals surface area contributed by atoms with Crippen molar-refractivity contribution in [1.82, 2.24) is 0 Å². The molecule has 0 aromatic rings. The highest BCUT2D eigenvalue weighted by Crippen LogP contribution is 2.64. The maximum Gasteiger partial charge on any atom is 0.126 e. The molecule has 0 N–H and O–H groups in total.